The number of hydrogen-bond acceptors (Lipinski definition) is 7. The number of allylic oxidation sites excluding steroid dienone is 1. The van der Waals surface area contributed by atoms with E-state index < -0.39 is 5.97 Å². The van der Waals surface area contributed by atoms with Gasteiger partial charge in [0.15, 0.2) is 23.0 Å². The minimum atomic E-state index is -0.613. The minimum Gasteiger partial charge on any atom is -0.493 e. The van der Waals surface area contributed by atoms with Crippen LogP contribution in [-0.2, 0) is 14.3 Å². The minimum absolute atomic E-state index is 0.174. The molecular formula is C26H27NO7. The maximum absolute atomic E-state index is 13.5. The Morgan fingerprint density at radius 2 is 1.59 bits per heavy atom. The van der Waals surface area contributed by atoms with Gasteiger partial charge in [-0.25, -0.2) is 4.79 Å². The Hall–Kier alpha value is -4.20. The van der Waals surface area contributed by atoms with Crippen molar-refractivity contribution in [3.05, 3.63) is 71.5 Å². The summed E-state index contributed by atoms with van der Waals surface area (Å²) in [4.78, 5) is 27.6. The molecule has 1 aliphatic rings. The van der Waals surface area contributed by atoms with Crippen molar-refractivity contribution in [3.8, 4) is 23.0 Å². The van der Waals surface area contributed by atoms with E-state index in [1.165, 1.54) is 33.3 Å². The number of ether oxygens (including phenoxy) is 5. The van der Waals surface area contributed by atoms with Crippen molar-refractivity contribution < 1.29 is 33.3 Å². The smallest absolute Gasteiger partial charge is 0.340 e. The van der Waals surface area contributed by atoms with Crippen LogP contribution in [0.3, 0.4) is 0 Å². The molecule has 34 heavy (non-hydrogen) atoms. The van der Waals surface area contributed by atoms with Crippen molar-refractivity contribution in [1.29, 1.82) is 0 Å². The molecule has 0 radical (unpaired) electrons. The van der Waals surface area contributed by atoms with Crippen LogP contribution in [-0.4, -0.2) is 46.9 Å². The maximum atomic E-state index is 13.5. The summed E-state index contributed by atoms with van der Waals surface area (Å²) >= 11 is 0. The van der Waals surface area contributed by atoms with Crippen molar-refractivity contribution in [1.82, 2.24) is 0 Å². The topological polar surface area (TPSA) is 83.5 Å². The van der Waals surface area contributed by atoms with Crippen LogP contribution in [0.1, 0.15) is 12.5 Å². The van der Waals surface area contributed by atoms with Crippen LogP contribution in [0.15, 0.2) is 65.9 Å². The zero-order valence-corrected chi connectivity index (χ0v) is 19.8. The number of anilines is 1. The van der Waals surface area contributed by atoms with E-state index in [4.69, 9.17) is 23.7 Å². The second-order valence-corrected chi connectivity index (χ2v) is 7.20. The summed E-state index contributed by atoms with van der Waals surface area (Å²) in [6, 6.07) is 10.3. The highest BCUT2D eigenvalue weighted by molar-refractivity contribution is 6.23. The van der Waals surface area contributed by atoms with E-state index in [1.807, 2.05) is 0 Å². The fraction of sp³-hybridized carbons (Fsp3) is 0.231. The van der Waals surface area contributed by atoms with Crippen molar-refractivity contribution in [3.63, 3.8) is 0 Å². The predicted molar refractivity (Wildman–Crippen MR) is 128 cm³/mol. The lowest BCUT2D eigenvalue weighted by molar-refractivity contribution is -0.136. The molecule has 0 atom stereocenters. The van der Waals surface area contributed by atoms with Crippen LogP contribution >= 0.6 is 0 Å². The lowest BCUT2D eigenvalue weighted by atomic mass is 10.0. The molecule has 3 rings (SSSR count). The Balaban J connectivity index is 2.09. The molecule has 178 valence electrons. The molecule has 0 saturated carbocycles. The van der Waals surface area contributed by atoms with Gasteiger partial charge in [-0.05, 0) is 42.8 Å². The van der Waals surface area contributed by atoms with Crippen LogP contribution in [0.2, 0.25) is 0 Å². The number of hydrogen-bond donors (Lipinski definition) is 0. The Labute approximate surface area is 198 Å². The molecule has 0 spiro atoms. The molecular weight excluding hydrogens is 438 g/mol. The van der Waals surface area contributed by atoms with E-state index in [9.17, 15) is 9.59 Å². The van der Waals surface area contributed by atoms with Gasteiger partial charge in [0.05, 0.1) is 45.3 Å². The summed E-state index contributed by atoms with van der Waals surface area (Å²) in [5.41, 5.74) is 1.98. The zero-order chi connectivity index (χ0) is 24.8. The van der Waals surface area contributed by atoms with E-state index >= 15 is 0 Å². The molecule has 0 aromatic heterocycles. The molecule has 0 N–H and O–H groups in total. The number of methoxy groups -OCH3 is 4. The lowest BCUT2D eigenvalue weighted by Gasteiger charge is -2.19. The Morgan fingerprint density at radius 1 is 0.941 bits per heavy atom. The first-order chi connectivity index (χ1) is 16.4. The number of rotatable bonds is 9. The van der Waals surface area contributed by atoms with Gasteiger partial charge in [-0.2, -0.15) is 0 Å². The van der Waals surface area contributed by atoms with Crippen molar-refractivity contribution in [2.75, 3.05) is 39.9 Å². The van der Waals surface area contributed by atoms with Crippen LogP contribution in [0.25, 0.3) is 6.08 Å². The van der Waals surface area contributed by atoms with Crippen LogP contribution < -0.4 is 23.8 Å². The average Bonchev–Trinajstić information content (AvgIpc) is 3.10. The van der Waals surface area contributed by atoms with Gasteiger partial charge < -0.3 is 23.7 Å². The summed E-state index contributed by atoms with van der Waals surface area (Å²) in [6.07, 6.45) is 3.25. The van der Waals surface area contributed by atoms with Gasteiger partial charge in [0.1, 0.15) is 6.61 Å². The molecule has 0 unspecified atom stereocenters. The van der Waals surface area contributed by atoms with Crippen molar-refractivity contribution in [2.45, 2.75) is 6.92 Å². The third-order valence-electron chi connectivity index (χ3n) is 5.27. The van der Waals surface area contributed by atoms with Gasteiger partial charge >= 0.3 is 5.97 Å². The van der Waals surface area contributed by atoms with Gasteiger partial charge in [0, 0.05) is 11.8 Å². The van der Waals surface area contributed by atoms with E-state index in [1.54, 1.807) is 55.5 Å². The third kappa shape index (κ3) is 4.61. The quantitative estimate of drug-likeness (QED) is 0.312. The second-order valence-electron chi connectivity index (χ2n) is 7.20. The average molecular weight is 466 g/mol. The number of carbonyl (C=O) groups excluding carboxylic acids is 2. The van der Waals surface area contributed by atoms with Gasteiger partial charge in [-0.1, -0.05) is 18.7 Å². The van der Waals surface area contributed by atoms with E-state index in [2.05, 4.69) is 6.58 Å². The number of amides is 1. The fourth-order valence-electron chi connectivity index (χ4n) is 3.66. The highest BCUT2D eigenvalue weighted by atomic mass is 16.5. The number of benzene rings is 2. The molecule has 0 saturated heterocycles. The fourth-order valence-corrected chi connectivity index (χ4v) is 3.66. The first-order valence-corrected chi connectivity index (χ1v) is 10.4. The Kier molecular flexibility index (Phi) is 7.63. The normalized spacial score (nSPS) is 14.3. The zero-order valence-electron chi connectivity index (χ0n) is 19.8. The van der Waals surface area contributed by atoms with Crippen LogP contribution in [0, 0.1) is 0 Å². The SMILES string of the molecule is C=CCOc1ccc(C=C2C(=O)N(c3ccc(OC)c(OC)c3)C(C)=C2C(=O)OC)cc1OC. The Bertz CT molecular complexity index is 1180. The molecule has 8 nitrogen and oxygen atoms in total. The molecule has 8 heteroatoms. The number of nitrogens with zero attached hydrogens (tertiary/aromatic N) is 1. The van der Waals surface area contributed by atoms with E-state index in [-0.39, 0.29) is 17.1 Å². The summed E-state index contributed by atoms with van der Waals surface area (Å²) in [5, 5.41) is 0. The van der Waals surface area contributed by atoms with Gasteiger partial charge in [-0.15, -0.1) is 0 Å². The molecule has 0 fully saturated rings. The molecule has 0 aliphatic carbocycles. The standard InChI is InChI=1S/C26H27NO7/c1-7-12-34-21-10-8-17(14-22(21)31-4)13-19-24(26(29)33-6)16(2)27(25(19)28)18-9-11-20(30-3)23(15-18)32-5/h7-11,13-15H,1,12H2,2-6H3. The van der Waals surface area contributed by atoms with E-state index in [0.29, 0.717) is 46.6 Å². The lowest BCUT2D eigenvalue weighted by Crippen LogP contribution is -2.24. The maximum Gasteiger partial charge on any atom is 0.340 e. The molecule has 1 aliphatic heterocycles. The second kappa shape index (κ2) is 10.6. The van der Waals surface area contributed by atoms with Gasteiger partial charge in [-0.3, -0.25) is 9.69 Å². The van der Waals surface area contributed by atoms with Crippen LogP contribution in [0.5, 0.6) is 23.0 Å². The summed E-state index contributed by atoms with van der Waals surface area (Å²) in [6.45, 7) is 5.65. The summed E-state index contributed by atoms with van der Waals surface area (Å²) in [5.74, 6) is 1.01. The van der Waals surface area contributed by atoms with Crippen LogP contribution in [0.4, 0.5) is 5.69 Å². The largest absolute Gasteiger partial charge is 0.493 e. The van der Waals surface area contributed by atoms with Crippen molar-refractivity contribution >= 4 is 23.6 Å². The molecule has 0 bridgehead atoms. The molecule has 1 amide bonds. The molecule has 1 heterocycles. The predicted octanol–water partition coefficient (Wildman–Crippen LogP) is 4.15. The first kappa shape index (κ1) is 24.4. The molecule has 2 aromatic rings. The summed E-state index contributed by atoms with van der Waals surface area (Å²) < 4.78 is 26.6. The van der Waals surface area contributed by atoms with Gasteiger partial charge in [0.25, 0.3) is 5.91 Å². The third-order valence-corrected chi connectivity index (χ3v) is 5.27. The molecule has 2 aromatic carbocycles. The number of carbonyl (C=O) groups is 2. The Morgan fingerprint density at radius 3 is 2.21 bits per heavy atom. The highest BCUT2D eigenvalue weighted by Crippen LogP contribution is 2.39. The van der Waals surface area contributed by atoms with Crippen molar-refractivity contribution in [2.24, 2.45) is 0 Å². The first-order valence-electron chi connectivity index (χ1n) is 10.4. The van der Waals surface area contributed by atoms with Gasteiger partial charge in [0.2, 0.25) is 0 Å². The monoisotopic (exact) mass is 465 g/mol. The number of esters is 1. The summed E-state index contributed by atoms with van der Waals surface area (Å²) in [7, 11) is 5.84. The van der Waals surface area contributed by atoms with E-state index in [0.717, 1.165) is 0 Å². The highest BCUT2D eigenvalue weighted by Gasteiger charge is 2.38.